The number of pyridine rings is 3. The quantitative estimate of drug-likeness (QED) is 0.335. The lowest BCUT2D eigenvalue weighted by molar-refractivity contribution is 0.0849. The van der Waals surface area contributed by atoms with Gasteiger partial charge >= 0.3 is 0 Å². The second-order valence-electron chi connectivity index (χ2n) is 7.32. The first-order chi connectivity index (χ1) is 14.7. The van der Waals surface area contributed by atoms with Crippen LogP contribution in [0.4, 0.5) is 0 Å². The Morgan fingerprint density at radius 3 is 2.80 bits per heavy atom. The molecule has 1 saturated heterocycles. The molecule has 0 bridgehead atoms. The maximum atomic E-state index is 12.8. The van der Waals surface area contributed by atoms with Crippen molar-refractivity contribution in [2.75, 3.05) is 13.2 Å². The summed E-state index contributed by atoms with van der Waals surface area (Å²) in [5.41, 5.74) is 3.00. The second kappa shape index (κ2) is 8.02. The minimum Gasteiger partial charge on any atom is -0.381 e. The summed E-state index contributed by atoms with van der Waals surface area (Å²) in [6.45, 7) is 1.46. The van der Waals surface area contributed by atoms with Crippen molar-refractivity contribution in [1.82, 2.24) is 15.0 Å². The molecule has 3 aromatic heterocycles. The van der Waals surface area contributed by atoms with Crippen molar-refractivity contribution in [3.63, 3.8) is 0 Å². The lowest BCUT2D eigenvalue weighted by Gasteiger charge is -2.23. The van der Waals surface area contributed by atoms with Gasteiger partial charge in [-0.3, -0.25) is 14.8 Å². The number of hydrogen-bond donors (Lipinski definition) is 1. The minimum atomic E-state index is -0.161. The van der Waals surface area contributed by atoms with Crippen LogP contribution < -0.4 is 5.56 Å². The van der Waals surface area contributed by atoms with E-state index in [2.05, 4.69) is 37.7 Å². The van der Waals surface area contributed by atoms with Gasteiger partial charge in [0.15, 0.2) is 0 Å². The summed E-state index contributed by atoms with van der Waals surface area (Å²) in [7, 11) is 0. The Kier molecular flexibility index (Phi) is 5.07. The molecule has 0 amide bonds. The van der Waals surface area contributed by atoms with E-state index in [1.165, 1.54) is 0 Å². The summed E-state index contributed by atoms with van der Waals surface area (Å²) < 4.78 is 6.47. The number of aromatic amines is 1. The predicted molar refractivity (Wildman–Crippen MR) is 121 cm³/mol. The topological polar surface area (TPSA) is 67.9 Å². The van der Waals surface area contributed by atoms with Crippen LogP contribution in [0.3, 0.4) is 0 Å². The average Bonchev–Trinajstić information content (AvgIpc) is 2.79. The Labute approximate surface area is 181 Å². The van der Waals surface area contributed by atoms with Crippen molar-refractivity contribution in [3.8, 4) is 11.8 Å². The molecular formula is C24H18BrN3O2. The number of rotatable bonds is 1. The first kappa shape index (κ1) is 19.0. The normalized spacial score (nSPS) is 14.6. The molecule has 1 N–H and O–H groups in total. The Morgan fingerprint density at radius 2 is 2.00 bits per heavy atom. The zero-order chi connectivity index (χ0) is 20.5. The summed E-state index contributed by atoms with van der Waals surface area (Å²) >= 11 is 3.56. The van der Waals surface area contributed by atoms with E-state index < -0.39 is 0 Å². The molecule has 30 heavy (non-hydrogen) atoms. The van der Waals surface area contributed by atoms with E-state index in [9.17, 15) is 4.79 Å². The molecule has 0 atom stereocenters. The number of halogens is 1. The highest BCUT2D eigenvalue weighted by Crippen LogP contribution is 2.35. The van der Waals surface area contributed by atoms with Gasteiger partial charge < -0.3 is 9.72 Å². The van der Waals surface area contributed by atoms with Gasteiger partial charge in [-0.15, -0.1) is 0 Å². The van der Waals surface area contributed by atoms with E-state index in [1.807, 2.05) is 30.3 Å². The zero-order valence-corrected chi connectivity index (χ0v) is 17.7. The third-order valence-corrected chi connectivity index (χ3v) is 5.93. The van der Waals surface area contributed by atoms with E-state index >= 15 is 0 Å². The Bertz CT molecular complexity index is 1360. The monoisotopic (exact) mass is 459 g/mol. The molecule has 0 aliphatic carbocycles. The van der Waals surface area contributed by atoms with Gasteiger partial charge in [-0.05, 0) is 42.5 Å². The lowest BCUT2D eigenvalue weighted by atomic mass is 9.91. The van der Waals surface area contributed by atoms with Crippen LogP contribution in [0.25, 0.3) is 21.7 Å². The largest absolute Gasteiger partial charge is 0.381 e. The van der Waals surface area contributed by atoms with Gasteiger partial charge in [0.25, 0.3) is 5.56 Å². The number of nitrogens with zero attached hydrogens (tertiary/aromatic N) is 2. The third kappa shape index (κ3) is 3.51. The highest BCUT2D eigenvalue weighted by atomic mass is 79.9. The van der Waals surface area contributed by atoms with Gasteiger partial charge in [0.1, 0.15) is 0 Å². The highest BCUT2D eigenvalue weighted by molar-refractivity contribution is 9.10. The second-order valence-corrected chi connectivity index (χ2v) is 8.24. The summed E-state index contributed by atoms with van der Waals surface area (Å²) in [6, 6.07) is 9.79. The summed E-state index contributed by atoms with van der Waals surface area (Å²) in [6.07, 6.45) is 6.92. The molecular weight excluding hydrogens is 442 g/mol. The fourth-order valence-corrected chi connectivity index (χ4v) is 4.33. The fourth-order valence-electron chi connectivity index (χ4n) is 3.97. The molecule has 1 fully saturated rings. The van der Waals surface area contributed by atoms with Crippen LogP contribution >= 0.6 is 15.9 Å². The molecule has 148 valence electrons. The Balaban J connectivity index is 1.80. The molecule has 0 saturated carbocycles. The number of benzene rings is 1. The number of fused-ring (bicyclic) bond motifs is 3. The van der Waals surface area contributed by atoms with Crippen LogP contribution in [0.2, 0.25) is 0 Å². The molecule has 1 aliphatic rings. The van der Waals surface area contributed by atoms with Crippen molar-refractivity contribution < 1.29 is 4.74 Å². The van der Waals surface area contributed by atoms with Crippen LogP contribution in [-0.2, 0) is 4.74 Å². The molecule has 0 spiro atoms. The van der Waals surface area contributed by atoms with Crippen LogP contribution in [-0.4, -0.2) is 28.2 Å². The van der Waals surface area contributed by atoms with Crippen LogP contribution in [0, 0.1) is 11.8 Å². The highest BCUT2D eigenvalue weighted by Gasteiger charge is 2.22. The van der Waals surface area contributed by atoms with Crippen molar-refractivity contribution in [2.24, 2.45) is 0 Å². The average molecular weight is 460 g/mol. The van der Waals surface area contributed by atoms with Gasteiger partial charge in [-0.1, -0.05) is 33.8 Å². The molecule has 5 nitrogen and oxygen atoms in total. The molecule has 1 aromatic carbocycles. The number of H-pyrrole nitrogens is 1. The minimum absolute atomic E-state index is 0.161. The molecule has 4 heterocycles. The van der Waals surface area contributed by atoms with Gasteiger partial charge in [0.05, 0.1) is 22.2 Å². The van der Waals surface area contributed by atoms with E-state index in [-0.39, 0.29) is 5.56 Å². The van der Waals surface area contributed by atoms with E-state index in [4.69, 9.17) is 9.72 Å². The first-order valence-corrected chi connectivity index (χ1v) is 10.6. The van der Waals surface area contributed by atoms with Crippen molar-refractivity contribution in [2.45, 2.75) is 18.8 Å². The number of ether oxygens (including phenoxy) is 1. The summed E-state index contributed by atoms with van der Waals surface area (Å²) in [5, 5.41) is 2.47. The van der Waals surface area contributed by atoms with Crippen LogP contribution in [0.5, 0.6) is 0 Å². The van der Waals surface area contributed by atoms with E-state index in [1.54, 1.807) is 18.6 Å². The first-order valence-electron chi connectivity index (χ1n) is 9.85. The molecule has 1 aliphatic heterocycles. The molecule has 6 heteroatoms. The Hall–Kier alpha value is -3.01. The molecule has 4 aromatic rings. The number of aromatic nitrogens is 3. The lowest BCUT2D eigenvalue weighted by Crippen LogP contribution is -2.17. The zero-order valence-electron chi connectivity index (χ0n) is 16.1. The van der Waals surface area contributed by atoms with Crippen molar-refractivity contribution >= 4 is 37.6 Å². The number of nitrogens with one attached hydrogen (secondary N) is 1. The molecule has 0 unspecified atom stereocenters. The smallest absolute Gasteiger partial charge is 0.258 e. The summed E-state index contributed by atoms with van der Waals surface area (Å²) in [5.74, 6) is 6.61. The summed E-state index contributed by atoms with van der Waals surface area (Å²) in [4.78, 5) is 24.8. The van der Waals surface area contributed by atoms with E-state index in [0.717, 1.165) is 52.6 Å². The van der Waals surface area contributed by atoms with E-state index in [0.29, 0.717) is 22.4 Å². The van der Waals surface area contributed by atoms with Crippen LogP contribution in [0.15, 0.2) is 58.2 Å². The van der Waals surface area contributed by atoms with Gasteiger partial charge in [-0.25, -0.2) is 0 Å². The maximum Gasteiger partial charge on any atom is 0.258 e. The van der Waals surface area contributed by atoms with Gasteiger partial charge in [-0.2, -0.15) is 0 Å². The molecule has 5 rings (SSSR count). The molecule has 0 radical (unpaired) electrons. The number of hydrogen-bond acceptors (Lipinski definition) is 4. The van der Waals surface area contributed by atoms with Crippen molar-refractivity contribution in [3.05, 3.63) is 80.6 Å². The van der Waals surface area contributed by atoms with Crippen LogP contribution in [0.1, 0.15) is 35.6 Å². The SMILES string of the molecule is O=c1[nH]cc(C#Cc2cccnc2)c2nc(C3CCOCC3)c3ccc(Br)cc3c12. The fraction of sp³-hybridized carbons (Fsp3) is 0.208. The van der Waals surface area contributed by atoms with Crippen molar-refractivity contribution in [1.29, 1.82) is 0 Å². The standard InChI is InChI=1S/C24H18BrN3O2/c25-18-5-6-19-20(12-18)21-23(28-22(19)16-7-10-30-11-8-16)17(14-27-24(21)29)4-3-15-2-1-9-26-13-15/h1-2,5-6,9,12-14,16H,7-8,10-11H2,(H,27,29). The third-order valence-electron chi connectivity index (χ3n) is 5.44. The predicted octanol–water partition coefficient (Wildman–Crippen LogP) is 4.53. The van der Waals surface area contributed by atoms with Gasteiger partial charge in [0, 0.05) is 53.1 Å². The van der Waals surface area contributed by atoms with Gasteiger partial charge in [0.2, 0.25) is 0 Å². The Morgan fingerprint density at radius 1 is 1.13 bits per heavy atom. The maximum absolute atomic E-state index is 12.8.